The summed E-state index contributed by atoms with van der Waals surface area (Å²) in [6.07, 6.45) is 1.78. The largest absolute Gasteiger partial charge is 0.493 e. The number of amides is 2. The van der Waals surface area contributed by atoms with Gasteiger partial charge in [0.1, 0.15) is 0 Å². The fourth-order valence-corrected chi connectivity index (χ4v) is 7.64. The summed E-state index contributed by atoms with van der Waals surface area (Å²) in [5.74, 6) is 0.814. The standard InChI is InChI=1S/C35H41Cl2N3O5/c1-5-39-16-14-34(33(38)42,24-10-8-7-9-11-24)21-30(39)35(25-12-13-26(36)27(37)20-25)15-17-40(22-35)32(41)23-18-28(43-3)31(45-6-2)29(19-23)44-4/h7-13,18-20,30H,5-6,14-17,21-22H2,1-4H3,(H2,38,42). The van der Waals surface area contributed by atoms with Gasteiger partial charge in [-0.25, -0.2) is 0 Å². The molecule has 2 aliphatic heterocycles. The van der Waals surface area contributed by atoms with Crippen LogP contribution in [0.1, 0.15) is 54.6 Å². The van der Waals surface area contributed by atoms with E-state index in [-0.39, 0.29) is 17.9 Å². The maximum Gasteiger partial charge on any atom is 0.254 e. The van der Waals surface area contributed by atoms with E-state index in [1.54, 1.807) is 12.1 Å². The van der Waals surface area contributed by atoms with Crippen molar-refractivity contribution in [2.24, 2.45) is 5.73 Å². The number of nitrogens with two attached hydrogens (primary N) is 1. The van der Waals surface area contributed by atoms with Gasteiger partial charge in [-0.2, -0.15) is 0 Å². The number of halogens is 2. The van der Waals surface area contributed by atoms with Crippen molar-refractivity contribution < 1.29 is 23.8 Å². The van der Waals surface area contributed by atoms with Crippen LogP contribution in [0, 0.1) is 0 Å². The molecule has 2 N–H and O–H groups in total. The van der Waals surface area contributed by atoms with Gasteiger partial charge in [-0.1, -0.05) is 66.5 Å². The number of carbonyl (C=O) groups is 2. The van der Waals surface area contributed by atoms with Crippen LogP contribution in [0.5, 0.6) is 17.2 Å². The number of likely N-dealkylation sites (tertiary alicyclic amines) is 2. The molecule has 0 aromatic heterocycles. The van der Waals surface area contributed by atoms with Crippen LogP contribution < -0.4 is 19.9 Å². The fourth-order valence-electron chi connectivity index (χ4n) is 7.35. The molecule has 3 aromatic rings. The summed E-state index contributed by atoms with van der Waals surface area (Å²) in [5, 5.41) is 0.907. The Morgan fingerprint density at radius 3 is 2.18 bits per heavy atom. The Morgan fingerprint density at radius 1 is 0.911 bits per heavy atom. The summed E-state index contributed by atoms with van der Waals surface area (Å²) in [6.45, 7) is 6.80. The van der Waals surface area contributed by atoms with Gasteiger partial charge in [-0.05, 0) is 74.7 Å². The molecule has 0 radical (unpaired) electrons. The first kappa shape index (κ1) is 32.9. The van der Waals surface area contributed by atoms with E-state index in [1.165, 1.54) is 14.2 Å². The van der Waals surface area contributed by atoms with Crippen LogP contribution in [0.15, 0.2) is 60.7 Å². The molecule has 240 valence electrons. The molecule has 2 amide bonds. The number of nitrogens with zero attached hydrogens (tertiary/aromatic N) is 2. The predicted molar refractivity (Wildman–Crippen MR) is 177 cm³/mol. The number of carbonyl (C=O) groups excluding carboxylic acids is 2. The highest BCUT2D eigenvalue weighted by Crippen LogP contribution is 2.50. The van der Waals surface area contributed by atoms with Crippen LogP contribution >= 0.6 is 23.2 Å². The van der Waals surface area contributed by atoms with Crippen molar-refractivity contribution in [2.75, 3.05) is 47.0 Å². The molecule has 0 spiro atoms. The van der Waals surface area contributed by atoms with Gasteiger partial charge >= 0.3 is 0 Å². The van der Waals surface area contributed by atoms with Crippen LogP contribution in [0.4, 0.5) is 0 Å². The van der Waals surface area contributed by atoms with Gasteiger partial charge in [-0.3, -0.25) is 14.5 Å². The third kappa shape index (κ3) is 5.96. The number of piperidine rings is 1. The summed E-state index contributed by atoms with van der Waals surface area (Å²) in [6, 6.07) is 18.8. The molecule has 2 fully saturated rings. The molecule has 8 nitrogen and oxygen atoms in total. The number of hydrogen-bond acceptors (Lipinski definition) is 6. The van der Waals surface area contributed by atoms with Crippen LogP contribution in [0.25, 0.3) is 0 Å². The van der Waals surface area contributed by atoms with Crippen LogP contribution in [-0.4, -0.2) is 74.7 Å². The third-order valence-corrected chi connectivity index (χ3v) is 10.5. The average Bonchev–Trinajstić information content (AvgIpc) is 3.52. The third-order valence-electron chi connectivity index (χ3n) is 9.73. The van der Waals surface area contributed by atoms with E-state index in [2.05, 4.69) is 11.8 Å². The summed E-state index contributed by atoms with van der Waals surface area (Å²) in [7, 11) is 3.08. The highest BCUT2D eigenvalue weighted by molar-refractivity contribution is 6.42. The van der Waals surface area contributed by atoms with Crippen molar-refractivity contribution in [1.29, 1.82) is 0 Å². The van der Waals surface area contributed by atoms with Crippen LogP contribution in [-0.2, 0) is 15.6 Å². The molecule has 45 heavy (non-hydrogen) atoms. The molecule has 3 unspecified atom stereocenters. The molecular weight excluding hydrogens is 613 g/mol. The minimum Gasteiger partial charge on any atom is -0.493 e. The lowest BCUT2D eigenvalue weighted by Gasteiger charge is -2.52. The highest BCUT2D eigenvalue weighted by Gasteiger charge is 2.55. The van der Waals surface area contributed by atoms with Gasteiger partial charge in [0.25, 0.3) is 5.91 Å². The topological polar surface area (TPSA) is 94.3 Å². The van der Waals surface area contributed by atoms with Gasteiger partial charge in [0, 0.05) is 30.1 Å². The molecule has 5 rings (SSSR count). The zero-order chi connectivity index (χ0) is 32.4. The predicted octanol–water partition coefficient (Wildman–Crippen LogP) is 6.10. The SMILES string of the molecule is CCOc1c(OC)cc(C(=O)N2CCC(c3ccc(Cl)c(Cl)c3)(C3CC(C(N)=O)(c4ccccc4)CCN3CC)C2)cc1OC. The van der Waals surface area contributed by atoms with Gasteiger partial charge in [0.05, 0.1) is 36.3 Å². The van der Waals surface area contributed by atoms with E-state index in [9.17, 15) is 9.59 Å². The Balaban J connectivity index is 1.60. The van der Waals surface area contributed by atoms with E-state index in [1.807, 2.05) is 60.4 Å². The lowest BCUT2D eigenvalue weighted by molar-refractivity contribution is -0.127. The zero-order valence-corrected chi connectivity index (χ0v) is 27.8. The van der Waals surface area contributed by atoms with Gasteiger partial charge in [0.2, 0.25) is 11.7 Å². The second kappa shape index (κ2) is 13.5. The summed E-state index contributed by atoms with van der Waals surface area (Å²) >= 11 is 13.0. The molecule has 3 atom stereocenters. The van der Waals surface area contributed by atoms with Crippen molar-refractivity contribution in [3.05, 3.63) is 87.4 Å². The van der Waals surface area contributed by atoms with E-state index >= 15 is 0 Å². The number of benzene rings is 3. The lowest BCUT2D eigenvalue weighted by atomic mass is 9.61. The normalized spacial score (nSPS) is 23.5. The van der Waals surface area contributed by atoms with E-state index in [0.29, 0.717) is 78.4 Å². The van der Waals surface area contributed by atoms with Crippen molar-refractivity contribution in [3.63, 3.8) is 0 Å². The number of primary amides is 1. The maximum atomic E-state index is 14.2. The Labute approximate surface area is 275 Å². The summed E-state index contributed by atoms with van der Waals surface area (Å²) < 4.78 is 16.9. The minimum atomic E-state index is -0.853. The smallest absolute Gasteiger partial charge is 0.254 e. The Bertz CT molecular complexity index is 1530. The molecule has 2 saturated heterocycles. The van der Waals surface area contributed by atoms with Gasteiger partial charge in [-0.15, -0.1) is 0 Å². The monoisotopic (exact) mass is 653 g/mol. The quantitative estimate of drug-likeness (QED) is 0.284. The van der Waals surface area contributed by atoms with Gasteiger partial charge in [0.15, 0.2) is 11.5 Å². The molecule has 2 heterocycles. The first-order valence-corrected chi connectivity index (χ1v) is 16.1. The fraction of sp³-hybridized carbons (Fsp3) is 0.429. The van der Waals surface area contributed by atoms with Crippen LogP contribution in [0.2, 0.25) is 10.0 Å². The number of hydrogen-bond donors (Lipinski definition) is 1. The number of ether oxygens (including phenoxy) is 3. The molecule has 0 bridgehead atoms. The molecular formula is C35H41Cl2N3O5. The average molecular weight is 655 g/mol. The number of methoxy groups -OCH3 is 2. The molecule has 0 aliphatic carbocycles. The molecule has 2 aliphatic rings. The van der Waals surface area contributed by atoms with Crippen molar-refractivity contribution >= 4 is 35.0 Å². The van der Waals surface area contributed by atoms with Crippen LogP contribution in [0.3, 0.4) is 0 Å². The van der Waals surface area contributed by atoms with Crippen molar-refractivity contribution in [2.45, 2.75) is 50.0 Å². The Hall–Kier alpha value is -3.46. The minimum absolute atomic E-state index is 0.122. The molecule has 0 saturated carbocycles. The van der Waals surface area contributed by atoms with Crippen molar-refractivity contribution in [3.8, 4) is 17.2 Å². The first-order chi connectivity index (χ1) is 21.6. The second-order valence-corrected chi connectivity index (χ2v) is 12.6. The maximum absolute atomic E-state index is 14.2. The second-order valence-electron chi connectivity index (χ2n) is 11.8. The van der Waals surface area contributed by atoms with Crippen molar-refractivity contribution in [1.82, 2.24) is 9.80 Å². The lowest BCUT2D eigenvalue weighted by Crippen LogP contribution is -2.61. The molecule has 10 heteroatoms. The molecule has 3 aromatic carbocycles. The first-order valence-electron chi connectivity index (χ1n) is 15.4. The van der Waals surface area contributed by atoms with E-state index in [4.69, 9.17) is 43.1 Å². The number of rotatable bonds is 10. The Morgan fingerprint density at radius 2 is 1.60 bits per heavy atom. The summed E-state index contributed by atoms with van der Waals surface area (Å²) in [4.78, 5) is 31.9. The summed E-state index contributed by atoms with van der Waals surface area (Å²) in [5.41, 5.74) is 7.17. The number of likely N-dealkylation sites (N-methyl/N-ethyl adjacent to an activating group) is 1. The highest BCUT2D eigenvalue weighted by atomic mass is 35.5. The zero-order valence-electron chi connectivity index (χ0n) is 26.3. The van der Waals surface area contributed by atoms with Gasteiger partial charge < -0.3 is 24.8 Å². The Kier molecular flexibility index (Phi) is 9.87. The van der Waals surface area contributed by atoms with E-state index < -0.39 is 10.8 Å². The van der Waals surface area contributed by atoms with E-state index in [0.717, 1.165) is 17.7 Å².